The second-order valence-corrected chi connectivity index (χ2v) is 7.99. The molecule has 186 valence electrons. The van der Waals surface area contributed by atoms with Gasteiger partial charge in [0.15, 0.2) is 0 Å². The topological polar surface area (TPSA) is 147 Å². The molecule has 0 spiro atoms. The Hall–Kier alpha value is -5.71. The van der Waals surface area contributed by atoms with E-state index in [0.29, 0.717) is 16.9 Å². The Bertz CT molecular complexity index is 1630. The Balaban J connectivity index is 1.32. The number of nitrogens with one attached hydrogen (secondary N) is 3. The van der Waals surface area contributed by atoms with Gasteiger partial charge in [-0.2, -0.15) is 10.2 Å². The molecule has 1 heterocycles. The number of azo groups is 1. The summed E-state index contributed by atoms with van der Waals surface area (Å²) in [6.45, 7) is 0. The summed E-state index contributed by atoms with van der Waals surface area (Å²) in [5, 5.41) is 24.8. The lowest BCUT2D eigenvalue weighted by atomic mass is 10.0. The molecule has 0 radical (unpaired) electrons. The van der Waals surface area contributed by atoms with Gasteiger partial charge in [0.2, 0.25) is 11.6 Å². The quantitative estimate of drug-likeness (QED) is 0.125. The van der Waals surface area contributed by atoms with Gasteiger partial charge in [-0.1, -0.05) is 54.6 Å². The molecule has 0 aliphatic heterocycles. The molecule has 0 saturated heterocycles. The molecule has 5 rings (SSSR count). The number of fused-ring (bicyclic) bond motifs is 1. The van der Waals surface area contributed by atoms with Crippen molar-refractivity contribution in [1.29, 1.82) is 0 Å². The number of carbonyl (C=O) groups is 1. The van der Waals surface area contributed by atoms with Crippen molar-refractivity contribution in [3.63, 3.8) is 0 Å². The van der Waals surface area contributed by atoms with Crippen molar-refractivity contribution >= 4 is 51.1 Å². The van der Waals surface area contributed by atoms with Crippen LogP contribution in [-0.2, 0) is 0 Å². The van der Waals surface area contributed by atoms with E-state index in [9.17, 15) is 14.9 Å². The van der Waals surface area contributed by atoms with Crippen LogP contribution in [0.2, 0.25) is 0 Å². The number of aromatic nitrogens is 2. The van der Waals surface area contributed by atoms with Crippen LogP contribution in [-0.4, -0.2) is 20.8 Å². The average Bonchev–Trinajstić information content (AvgIpc) is 2.95. The predicted octanol–water partition coefficient (Wildman–Crippen LogP) is 6.45. The van der Waals surface area contributed by atoms with Crippen LogP contribution in [0.4, 0.5) is 34.4 Å². The number of hydrogen-bond acceptors (Lipinski definition) is 9. The molecular weight excluding hydrogens is 484 g/mol. The Morgan fingerprint density at radius 2 is 1.42 bits per heavy atom. The molecular formula is C27H20N8O3. The van der Waals surface area contributed by atoms with Crippen molar-refractivity contribution in [2.45, 2.75) is 0 Å². The van der Waals surface area contributed by atoms with Gasteiger partial charge in [-0.3, -0.25) is 25.8 Å². The Kier molecular flexibility index (Phi) is 6.89. The highest BCUT2D eigenvalue weighted by Crippen LogP contribution is 2.31. The number of amides is 1. The fraction of sp³-hybridized carbons (Fsp3) is 0. The summed E-state index contributed by atoms with van der Waals surface area (Å²) < 4.78 is 0. The molecule has 11 heteroatoms. The Morgan fingerprint density at radius 1 is 0.763 bits per heavy atom. The molecule has 0 unspecified atom stereocenters. The van der Waals surface area contributed by atoms with Crippen molar-refractivity contribution in [3.05, 3.63) is 119 Å². The number of rotatable bonds is 8. The van der Waals surface area contributed by atoms with Crippen LogP contribution >= 0.6 is 0 Å². The third-order valence-electron chi connectivity index (χ3n) is 5.50. The highest BCUT2D eigenvalue weighted by atomic mass is 16.6. The average molecular weight is 505 g/mol. The molecule has 0 bridgehead atoms. The molecule has 38 heavy (non-hydrogen) atoms. The van der Waals surface area contributed by atoms with Crippen LogP contribution in [0.15, 0.2) is 114 Å². The summed E-state index contributed by atoms with van der Waals surface area (Å²) >= 11 is 0. The van der Waals surface area contributed by atoms with E-state index in [1.165, 1.54) is 0 Å². The summed E-state index contributed by atoms with van der Waals surface area (Å²) in [4.78, 5) is 32.1. The van der Waals surface area contributed by atoms with Crippen LogP contribution in [0.5, 0.6) is 0 Å². The van der Waals surface area contributed by atoms with Gasteiger partial charge in [0.05, 0.1) is 16.3 Å². The molecule has 0 atom stereocenters. The molecule has 1 aromatic heterocycles. The van der Waals surface area contributed by atoms with E-state index < -0.39 is 16.5 Å². The smallest absolute Gasteiger partial charge is 0.334 e. The highest BCUT2D eigenvalue weighted by molar-refractivity contribution is 6.07. The number of nitro groups is 1. The first-order valence-electron chi connectivity index (χ1n) is 11.5. The number of carbonyl (C=O) groups excluding carboxylic acids is 1. The third-order valence-corrected chi connectivity index (χ3v) is 5.50. The molecule has 3 N–H and O–H groups in total. The summed E-state index contributed by atoms with van der Waals surface area (Å²) in [6, 6.07) is 28.9. The fourth-order valence-electron chi connectivity index (χ4n) is 3.70. The molecule has 0 fully saturated rings. The van der Waals surface area contributed by atoms with Gasteiger partial charge >= 0.3 is 5.69 Å². The van der Waals surface area contributed by atoms with Crippen molar-refractivity contribution < 1.29 is 9.72 Å². The summed E-state index contributed by atoms with van der Waals surface area (Å²) in [6.07, 6.45) is 1.16. The monoisotopic (exact) mass is 504 g/mol. The zero-order valence-electron chi connectivity index (χ0n) is 19.8. The van der Waals surface area contributed by atoms with E-state index in [2.05, 4.69) is 36.4 Å². The second-order valence-electron chi connectivity index (χ2n) is 7.99. The second kappa shape index (κ2) is 10.9. The molecule has 0 aliphatic carbocycles. The lowest BCUT2D eigenvalue weighted by molar-refractivity contribution is -0.383. The molecule has 0 aliphatic rings. The Labute approximate surface area is 216 Å². The van der Waals surface area contributed by atoms with E-state index in [1.54, 1.807) is 36.4 Å². The van der Waals surface area contributed by atoms with Crippen LogP contribution in [0.3, 0.4) is 0 Å². The van der Waals surface area contributed by atoms with Gasteiger partial charge in [-0.15, -0.1) is 0 Å². The lowest BCUT2D eigenvalue weighted by Gasteiger charge is -2.12. The van der Waals surface area contributed by atoms with E-state index in [0.717, 1.165) is 22.8 Å². The summed E-state index contributed by atoms with van der Waals surface area (Å²) in [7, 11) is 0. The zero-order valence-corrected chi connectivity index (χ0v) is 19.8. The first-order valence-corrected chi connectivity index (χ1v) is 11.5. The number of hydrazine groups is 1. The minimum Gasteiger partial charge on any atom is -0.334 e. The van der Waals surface area contributed by atoms with Gasteiger partial charge in [0.25, 0.3) is 5.91 Å². The summed E-state index contributed by atoms with van der Waals surface area (Å²) in [5.74, 6) is -0.690. The van der Waals surface area contributed by atoms with Crippen molar-refractivity contribution in [1.82, 2.24) is 15.4 Å². The van der Waals surface area contributed by atoms with Crippen LogP contribution in [0.1, 0.15) is 10.4 Å². The van der Waals surface area contributed by atoms with Gasteiger partial charge in [-0.05, 0) is 53.2 Å². The standard InChI is InChI=1S/C27H20N8O3/c36-27(23-12-6-8-18-7-4-5-11-22(18)23)34-33-26-24(35(37)38)25(28-17-29-26)30-19-13-15-21(16-14-19)32-31-20-9-2-1-3-10-20/h1-17H,(H,34,36)(H2,28,29,30,33). The maximum absolute atomic E-state index is 12.8. The van der Waals surface area contributed by atoms with Gasteiger partial charge in [0, 0.05) is 11.3 Å². The normalized spacial score (nSPS) is 10.8. The van der Waals surface area contributed by atoms with E-state index >= 15 is 0 Å². The van der Waals surface area contributed by atoms with Crippen molar-refractivity contribution in [3.8, 4) is 0 Å². The largest absolute Gasteiger partial charge is 0.355 e. The van der Waals surface area contributed by atoms with Gasteiger partial charge in [-0.25, -0.2) is 9.97 Å². The Morgan fingerprint density at radius 3 is 2.18 bits per heavy atom. The minimum absolute atomic E-state index is 0.0504. The number of anilines is 3. The molecule has 11 nitrogen and oxygen atoms in total. The molecule has 1 amide bonds. The van der Waals surface area contributed by atoms with E-state index in [4.69, 9.17) is 0 Å². The maximum Gasteiger partial charge on any atom is 0.355 e. The van der Waals surface area contributed by atoms with E-state index in [-0.39, 0.29) is 11.6 Å². The zero-order chi connectivity index (χ0) is 26.3. The van der Waals surface area contributed by atoms with Crippen LogP contribution in [0.25, 0.3) is 10.8 Å². The van der Waals surface area contributed by atoms with Crippen molar-refractivity contribution in [2.75, 3.05) is 10.7 Å². The predicted molar refractivity (Wildman–Crippen MR) is 144 cm³/mol. The lowest BCUT2D eigenvalue weighted by Crippen LogP contribution is -2.30. The minimum atomic E-state index is -0.628. The summed E-state index contributed by atoms with van der Waals surface area (Å²) in [5.41, 5.74) is 6.91. The molecule has 4 aromatic carbocycles. The molecule has 5 aromatic rings. The third kappa shape index (κ3) is 5.41. The van der Waals surface area contributed by atoms with Crippen molar-refractivity contribution in [2.24, 2.45) is 10.2 Å². The fourth-order valence-corrected chi connectivity index (χ4v) is 3.70. The number of nitrogens with zero attached hydrogens (tertiary/aromatic N) is 5. The van der Waals surface area contributed by atoms with Crippen LogP contribution in [0, 0.1) is 10.1 Å². The SMILES string of the molecule is O=C(NNc1ncnc(Nc2ccc(N=Nc3ccccc3)cc2)c1[N+](=O)[O-])c1cccc2ccccc12. The van der Waals surface area contributed by atoms with Gasteiger partial charge in [0.1, 0.15) is 6.33 Å². The van der Waals surface area contributed by atoms with Gasteiger partial charge < -0.3 is 5.32 Å². The first kappa shape index (κ1) is 24.0. The van der Waals surface area contributed by atoms with E-state index in [1.807, 2.05) is 60.7 Å². The molecule has 0 saturated carbocycles. The van der Waals surface area contributed by atoms with Crippen LogP contribution < -0.4 is 16.2 Å². The maximum atomic E-state index is 12.8. The number of hydrogen-bond donors (Lipinski definition) is 3. The number of benzene rings is 4. The first-order chi connectivity index (χ1) is 18.6. The highest BCUT2D eigenvalue weighted by Gasteiger charge is 2.24.